The predicted octanol–water partition coefficient (Wildman–Crippen LogP) is 3.84. The van der Waals surface area contributed by atoms with Crippen molar-refractivity contribution >= 4 is 17.7 Å². The molecule has 1 aliphatic rings. The van der Waals surface area contributed by atoms with Crippen LogP contribution in [0, 0.1) is 0 Å². The van der Waals surface area contributed by atoms with E-state index in [1.807, 2.05) is 30.3 Å². The first-order chi connectivity index (χ1) is 12.4. The third-order valence-corrected chi connectivity index (χ3v) is 4.17. The number of carbonyl (C=O) groups excluding carboxylic acids is 2. The summed E-state index contributed by atoms with van der Waals surface area (Å²) in [5.74, 6) is -0.336. The van der Waals surface area contributed by atoms with Gasteiger partial charge in [0.25, 0.3) is 5.91 Å². The minimum Gasteiger partial charge on any atom is -0.443 e. The maximum atomic E-state index is 13.4. The molecular formula is C21H24N2O3. The molecule has 136 valence electrons. The predicted molar refractivity (Wildman–Crippen MR) is 101 cm³/mol. The van der Waals surface area contributed by atoms with E-state index >= 15 is 0 Å². The molecule has 1 unspecified atom stereocenters. The Labute approximate surface area is 154 Å². The van der Waals surface area contributed by atoms with E-state index in [2.05, 4.69) is 5.32 Å². The molecule has 26 heavy (non-hydrogen) atoms. The molecule has 1 aliphatic heterocycles. The number of anilines is 1. The first-order valence-electron chi connectivity index (χ1n) is 8.80. The van der Waals surface area contributed by atoms with Gasteiger partial charge in [0.05, 0.1) is 5.69 Å². The molecule has 0 radical (unpaired) electrons. The number of nitrogens with one attached hydrogen (secondary N) is 1. The number of para-hydroxylation sites is 1. The van der Waals surface area contributed by atoms with Gasteiger partial charge < -0.3 is 10.1 Å². The van der Waals surface area contributed by atoms with Gasteiger partial charge in [-0.3, -0.25) is 4.79 Å². The highest BCUT2D eigenvalue weighted by Crippen LogP contribution is 2.28. The van der Waals surface area contributed by atoms with Gasteiger partial charge in [-0.2, -0.15) is 0 Å². The van der Waals surface area contributed by atoms with Crippen molar-refractivity contribution in [2.24, 2.45) is 0 Å². The summed E-state index contributed by atoms with van der Waals surface area (Å²) in [5, 5.41) is 3.24. The fourth-order valence-corrected chi connectivity index (χ4v) is 3.06. The molecule has 1 atom stereocenters. The molecule has 0 saturated heterocycles. The summed E-state index contributed by atoms with van der Waals surface area (Å²) in [6, 6.07) is 16.2. The van der Waals surface area contributed by atoms with Crippen LogP contribution in [0.2, 0.25) is 0 Å². The summed E-state index contributed by atoms with van der Waals surface area (Å²) in [7, 11) is 0. The third-order valence-electron chi connectivity index (χ3n) is 4.17. The number of hydrogen-bond donors (Lipinski definition) is 1. The van der Waals surface area contributed by atoms with Gasteiger partial charge in [0.2, 0.25) is 0 Å². The highest BCUT2D eigenvalue weighted by Gasteiger charge is 2.35. The van der Waals surface area contributed by atoms with Crippen LogP contribution in [-0.4, -0.2) is 24.1 Å². The van der Waals surface area contributed by atoms with E-state index in [0.717, 1.165) is 22.4 Å². The lowest BCUT2D eigenvalue weighted by atomic mass is 9.93. The number of carbonyl (C=O) groups is 2. The Hall–Kier alpha value is -2.66. The van der Waals surface area contributed by atoms with E-state index in [4.69, 9.17) is 4.74 Å². The Kier molecular flexibility index (Phi) is 5.09. The van der Waals surface area contributed by atoms with Gasteiger partial charge in [-0.25, -0.2) is 9.69 Å². The Bertz CT molecular complexity index is 796. The smallest absolute Gasteiger partial charge is 0.421 e. The second-order valence-electron chi connectivity index (χ2n) is 7.33. The van der Waals surface area contributed by atoms with Crippen molar-refractivity contribution in [3.63, 3.8) is 0 Å². The summed E-state index contributed by atoms with van der Waals surface area (Å²) < 4.78 is 5.49. The van der Waals surface area contributed by atoms with E-state index in [9.17, 15) is 9.59 Å². The van der Waals surface area contributed by atoms with Crippen molar-refractivity contribution in [1.29, 1.82) is 0 Å². The molecule has 0 spiro atoms. The van der Waals surface area contributed by atoms with Gasteiger partial charge in [-0.05, 0) is 50.5 Å². The maximum Gasteiger partial charge on any atom is 0.421 e. The average Bonchev–Trinajstić information content (AvgIpc) is 2.60. The van der Waals surface area contributed by atoms with Gasteiger partial charge in [-0.1, -0.05) is 42.5 Å². The SMILES string of the molecule is CC(C)(C)OC(=O)N(C(=O)C1NCCc2ccccc21)c1ccccc1. The highest BCUT2D eigenvalue weighted by molar-refractivity contribution is 6.14. The van der Waals surface area contributed by atoms with Crippen molar-refractivity contribution in [3.05, 3.63) is 65.7 Å². The molecule has 5 nitrogen and oxygen atoms in total. The van der Waals surface area contributed by atoms with Crippen molar-refractivity contribution < 1.29 is 14.3 Å². The zero-order valence-electron chi connectivity index (χ0n) is 15.4. The van der Waals surface area contributed by atoms with E-state index < -0.39 is 17.7 Å². The molecule has 0 fully saturated rings. The lowest BCUT2D eigenvalue weighted by molar-refractivity contribution is -0.120. The van der Waals surface area contributed by atoms with E-state index in [1.54, 1.807) is 45.0 Å². The number of ether oxygens (including phenoxy) is 1. The summed E-state index contributed by atoms with van der Waals surface area (Å²) in [6.07, 6.45) is 0.191. The van der Waals surface area contributed by atoms with Crippen molar-refractivity contribution in [1.82, 2.24) is 5.32 Å². The Morgan fingerprint density at radius 3 is 2.38 bits per heavy atom. The molecule has 3 rings (SSSR count). The van der Waals surface area contributed by atoms with E-state index in [0.29, 0.717) is 12.2 Å². The van der Waals surface area contributed by atoms with Crippen LogP contribution in [0.3, 0.4) is 0 Å². The monoisotopic (exact) mass is 352 g/mol. The topological polar surface area (TPSA) is 58.6 Å². The second kappa shape index (κ2) is 7.30. The quantitative estimate of drug-likeness (QED) is 0.892. The number of benzene rings is 2. The molecule has 2 amide bonds. The second-order valence-corrected chi connectivity index (χ2v) is 7.33. The number of fused-ring (bicyclic) bond motifs is 1. The summed E-state index contributed by atoms with van der Waals surface area (Å²) in [6.45, 7) is 6.04. The number of hydrogen-bond acceptors (Lipinski definition) is 4. The molecule has 0 aromatic heterocycles. The fourth-order valence-electron chi connectivity index (χ4n) is 3.06. The molecule has 1 N–H and O–H groups in total. The molecule has 1 heterocycles. The highest BCUT2D eigenvalue weighted by atomic mass is 16.6. The van der Waals surface area contributed by atoms with Crippen LogP contribution < -0.4 is 10.2 Å². The van der Waals surface area contributed by atoms with Crippen molar-refractivity contribution in [3.8, 4) is 0 Å². The number of amides is 2. The van der Waals surface area contributed by atoms with Gasteiger partial charge >= 0.3 is 6.09 Å². The largest absolute Gasteiger partial charge is 0.443 e. The van der Waals surface area contributed by atoms with Crippen LogP contribution >= 0.6 is 0 Å². The fraction of sp³-hybridized carbons (Fsp3) is 0.333. The number of imide groups is 1. The van der Waals surface area contributed by atoms with Crippen LogP contribution in [0.1, 0.15) is 37.9 Å². The Balaban J connectivity index is 1.97. The summed E-state index contributed by atoms with van der Waals surface area (Å²) >= 11 is 0. The maximum absolute atomic E-state index is 13.4. The van der Waals surface area contributed by atoms with E-state index in [-0.39, 0.29) is 5.91 Å². The molecule has 0 bridgehead atoms. The van der Waals surface area contributed by atoms with Crippen molar-refractivity contribution in [2.75, 3.05) is 11.4 Å². The van der Waals surface area contributed by atoms with Crippen molar-refractivity contribution in [2.45, 2.75) is 38.8 Å². The minimum atomic E-state index is -0.692. The zero-order chi connectivity index (χ0) is 18.7. The molecule has 5 heteroatoms. The minimum absolute atomic E-state index is 0.336. The van der Waals surface area contributed by atoms with Crippen LogP contribution in [0.4, 0.5) is 10.5 Å². The molecule has 0 saturated carbocycles. The number of nitrogens with zero attached hydrogens (tertiary/aromatic N) is 1. The van der Waals surface area contributed by atoms with Gasteiger partial charge in [0.15, 0.2) is 0 Å². The Morgan fingerprint density at radius 1 is 1.04 bits per heavy atom. The number of rotatable bonds is 2. The summed E-state index contributed by atoms with van der Waals surface area (Å²) in [4.78, 5) is 27.3. The van der Waals surface area contributed by atoms with Crippen LogP contribution in [-0.2, 0) is 16.0 Å². The first-order valence-corrected chi connectivity index (χ1v) is 8.80. The standard InChI is InChI=1S/C21H24N2O3/c1-21(2,3)26-20(25)23(16-10-5-4-6-11-16)19(24)18-17-12-8-7-9-15(17)13-14-22-18/h4-12,18,22H,13-14H2,1-3H3. The van der Waals surface area contributed by atoms with Gasteiger partial charge in [0.1, 0.15) is 11.6 Å². The average molecular weight is 352 g/mol. The van der Waals surface area contributed by atoms with Crippen LogP contribution in [0.15, 0.2) is 54.6 Å². The van der Waals surface area contributed by atoms with E-state index in [1.165, 1.54) is 0 Å². The molecule has 0 aliphatic carbocycles. The van der Waals surface area contributed by atoms with Gasteiger partial charge in [-0.15, -0.1) is 0 Å². The normalized spacial score (nSPS) is 16.5. The summed E-state index contributed by atoms with van der Waals surface area (Å²) in [5.41, 5.74) is 1.84. The Morgan fingerprint density at radius 2 is 1.69 bits per heavy atom. The zero-order valence-corrected chi connectivity index (χ0v) is 15.4. The van der Waals surface area contributed by atoms with Crippen LogP contribution in [0.25, 0.3) is 0 Å². The molecular weight excluding hydrogens is 328 g/mol. The lowest BCUT2D eigenvalue weighted by Gasteiger charge is -2.32. The lowest BCUT2D eigenvalue weighted by Crippen LogP contribution is -2.48. The molecule has 2 aromatic rings. The molecule has 2 aromatic carbocycles. The third kappa shape index (κ3) is 3.94. The first kappa shape index (κ1) is 18.1. The van der Waals surface area contributed by atoms with Gasteiger partial charge in [0, 0.05) is 6.54 Å². The van der Waals surface area contributed by atoms with Crippen LogP contribution in [0.5, 0.6) is 0 Å².